The molecular weight excluding hydrogens is 500 g/mol. The number of alkyl halides is 4. The van der Waals surface area contributed by atoms with Gasteiger partial charge in [-0.05, 0) is 26.0 Å². The van der Waals surface area contributed by atoms with E-state index in [2.05, 4.69) is 25.7 Å². The van der Waals surface area contributed by atoms with Gasteiger partial charge in [0.15, 0.2) is 5.82 Å². The number of amides is 3. The van der Waals surface area contributed by atoms with Gasteiger partial charge in [-0.25, -0.2) is 23.7 Å². The van der Waals surface area contributed by atoms with Crippen molar-refractivity contribution in [2.24, 2.45) is 0 Å². The lowest BCUT2D eigenvalue weighted by Crippen LogP contribution is -2.44. The number of aromatic nitrogens is 4. The molecule has 3 aromatic heterocycles. The molecule has 0 saturated carbocycles. The molecule has 37 heavy (non-hydrogen) atoms. The first-order valence-corrected chi connectivity index (χ1v) is 11.1. The Hall–Kier alpha value is -4.17. The number of carbonyl (C=O) groups excluding carboxylic acids is 2. The number of nitrogens with one attached hydrogen (secondary N) is 2. The van der Waals surface area contributed by atoms with Crippen molar-refractivity contribution in [3.05, 3.63) is 35.8 Å². The molecule has 4 heterocycles. The lowest BCUT2D eigenvalue weighted by molar-refractivity contribution is -0.136. The van der Waals surface area contributed by atoms with E-state index in [0.717, 1.165) is 16.9 Å². The van der Waals surface area contributed by atoms with Crippen molar-refractivity contribution in [2.75, 3.05) is 25.9 Å². The van der Waals surface area contributed by atoms with Gasteiger partial charge in [-0.15, -0.1) is 0 Å². The van der Waals surface area contributed by atoms with E-state index in [-0.39, 0.29) is 47.7 Å². The first kappa shape index (κ1) is 25.9. The van der Waals surface area contributed by atoms with Crippen LogP contribution in [0.25, 0.3) is 16.8 Å². The molecule has 1 saturated heterocycles. The average Bonchev–Trinajstić information content (AvgIpc) is 3.40. The Morgan fingerprint density at radius 1 is 1.22 bits per heavy atom. The third-order valence-corrected chi connectivity index (χ3v) is 5.74. The van der Waals surface area contributed by atoms with Gasteiger partial charge in [0.25, 0.3) is 5.91 Å². The number of ether oxygens (including phenoxy) is 1. The molecule has 0 radical (unpaired) electrons. The SMILES string of the molecule is COc1ncc(-c2cc(C(F)(F)F)c3c(N)ncnn23)cc1C(=O)NC1CN(C(=O)NC(C)C)CC1F. The van der Waals surface area contributed by atoms with E-state index in [0.29, 0.717) is 0 Å². The largest absolute Gasteiger partial charge is 0.480 e. The number of anilines is 1. The van der Waals surface area contributed by atoms with Gasteiger partial charge in [-0.3, -0.25) is 4.79 Å². The highest BCUT2D eigenvalue weighted by atomic mass is 19.4. The molecule has 0 aromatic carbocycles. The summed E-state index contributed by atoms with van der Waals surface area (Å²) in [7, 11) is 1.26. The number of methoxy groups -OCH3 is 1. The highest BCUT2D eigenvalue weighted by molar-refractivity contribution is 5.98. The number of nitrogen functional groups attached to an aromatic ring is 1. The predicted molar refractivity (Wildman–Crippen MR) is 124 cm³/mol. The number of carbonyl (C=O) groups is 2. The second kappa shape index (κ2) is 9.71. The van der Waals surface area contributed by atoms with Gasteiger partial charge in [0, 0.05) is 24.3 Å². The number of likely N-dealkylation sites (tertiary alicyclic amines) is 1. The van der Waals surface area contributed by atoms with E-state index in [4.69, 9.17) is 10.5 Å². The Morgan fingerprint density at radius 3 is 2.59 bits per heavy atom. The van der Waals surface area contributed by atoms with Crippen LogP contribution in [0.4, 0.5) is 28.2 Å². The van der Waals surface area contributed by atoms with Gasteiger partial charge < -0.3 is 26.0 Å². The standard InChI is InChI=1S/C22H24F4N8O3/c1-10(2)31-21(36)33-7-14(23)15(8-33)32-19(35)12-4-11(6-28-20(12)37-3)16-5-13(22(24,25)26)17-18(27)29-9-30-34(16)17/h4-6,9-10,14-15H,7-8H2,1-3H3,(H,31,36)(H,32,35)(H2,27,29,30). The van der Waals surface area contributed by atoms with Gasteiger partial charge in [-0.1, -0.05) is 0 Å². The first-order chi connectivity index (χ1) is 17.4. The van der Waals surface area contributed by atoms with Crippen LogP contribution in [-0.2, 0) is 6.18 Å². The van der Waals surface area contributed by atoms with Gasteiger partial charge >= 0.3 is 12.2 Å². The van der Waals surface area contributed by atoms with E-state index >= 15 is 0 Å². The predicted octanol–water partition coefficient (Wildman–Crippen LogP) is 2.27. The highest BCUT2D eigenvalue weighted by Crippen LogP contribution is 2.39. The lowest BCUT2D eigenvalue weighted by Gasteiger charge is -2.19. The summed E-state index contributed by atoms with van der Waals surface area (Å²) >= 11 is 0. The molecule has 15 heteroatoms. The minimum atomic E-state index is -4.76. The van der Waals surface area contributed by atoms with Crippen molar-refractivity contribution in [1.82, 2.24) is 35.1 Å². The maximum absolute atomic E-state index is 14.6. The third kappa shape index (κ3) is 5.06. The molecular formula is C22H24F4N8O3. The van der Waals surface area contributed by atoms with Crippen LogP contribution in [0.5, 0.6) is 5.88 Å². The molecule has 4 rings (SSSR count). The Balaban J connectivity index is 1.66. The summed E-state index contributed by atoms with van der Waals surface area (Å²) in [6.07, 6.45) is -4.08. The second-order valence-corrected chi connectivity index (χ2v) is 8.73. The topological polar surface area (TPSA) is 140 Å². The zero-order chi connectivity index (χ0) is 27.1. The van der Waals surface area contributed by atoms with Crippen molar-refractivity contribution in [2.45, 2.75) is 38.3 Å². The molecule has 0 bridgehead atoms. The van der Waals surface area contributed by atoms with E-state index < -0.39 is 41.4 Å². The maximum atomic E-state index is 14.6. The minimum Gasteiger partial charge on any atom is -0.480 e. The zero-order valence-corrected chi connectivity index (χ0v) is 20.0. The summed E-state index contributed by atoms with van der Waals surface area (Å²) in [6, 6.07) is 0.452. The maximum Gasteiger partial charge on any atom is 0.418 e. The number of nitrogens with two attached hydrogens (primary N) is 1. The van der Waals surface area contributed by atoms with Gasteiger partial charge in [0.1, 0.15) is 23.6 Å². The number of fused-ring (bicyclic) bond motifs is 1. The fourth-order valence-corrected chi connectivity index (χ4v) is 4.06. The van der Waals surface area contributed by atoms with Crippen molar-refractivity contribution < 1.29 is 31.9 Å². The van der Waals surface area contributed by atoms with Crippen LogP contribution in [0.2, 0.25) is 0 Å². The van der Waals surface area contributed by atoms with Crippen molar-refractivity contribution in [3.63, 3.8) is 0 Å². The average molecular weight is 524 g/mol. The van der Waals surface area contributed by atoms with Crippen LogP contribution in [0, 0.1) is 0 Å². The molecule has 3 aromatic rings. The molecule has 198 valence electrons. The van der Waals surface area contributed by atoms with Crippen LogP contribution < -0.4 is 21.1 Å². The summed E-state index contributed by atoms with van der Waals surface area (Å²) in [5, 5.41) is 9.07. The van der Waals surface area contributed by atoms with Crippen LogP contribution in [0.1, 0.15) is 29.8 Å². The third-order valence-electron chi connectivity index (χ3n) is 5.74. The number of nitrogens with zero attached hydrogens (tertiary/aromatic N) is 5. The highest BCUT2D eigenvalue weighted by Gasteiger charge is 2.38. The van der Waals surface area contributed by atoms with E-state index in [9.17, 15) is 27.2 Å². The fraction of sp³-hybridized carbons (Fsp3) is 0.409. The number of pyridine rings is 1. The molecule has 1 fully saturated rings. The number of urea groups is 1. The fourth-order valence-electron chi connectivity index (χ4n) is 4.06. The number of hydrogen-bond acceptors (Lipinski definition) is 7. The summed E-state index contributed by atoms with van der Waals surface area (Å²) in [6.45, 7) is 3.24. The molecule has 1 aliphatic rings. The zero-order valence-electron chi connectivity index (χ0n) is 20.0. The number of hydrogen-bond donors (Lipinski definition) is 3. The van der Waals surface area contributed by atoms with Crippen molar-refractivity contribution >= 4 is 23.3 Å². The minimum absolute atomic E-state index is 0.0543. The summed E-state index contributed by atoms with van der Waals surface area (Å²) < 4.78 is 61.8. The Morgan fingerprint density at radius 2 is 1.95 bits per heavy atom. The van der Waals surface area contributed by atoms with Crippen LogP contribution >= 0.6 is 0 Å². The first-order valence-electron chi connectivity index (χ1n) is 11.1. The van der Waals surface area contributed by atoms with Crippen LogP contribution in [0.3, 0.4) is 0 Å². The second-order valence-electron chi connectivity index (χ2n) is 8.73. The molecule has 11 nitrogen and oxygen atoms in total. The van der Waals surface area contributed by atoms with E-state index in [1.807, 2.05) is 0 Å². The molecule has 4 N–H and O–H groups in total. The van der Waals surface area contributed by atoms with Crippen molar-refractivity contribution in [3.8, 4) is 17.1 Å². The van der Waals surface area contributed by atoms with Gasteiger partial charge in [0.2, 0.25) is 5.88 Å². The van der Waals surface area contributed by atoms with Crippen LogP contribution in [-0.4, -0.2) is 74.9 Å². The molecule has 3 amide bonds. The molecule has 2 atom stereocenters. The van der Waals surface area contributed by atoms with Crippen LogP contribution in [0.15, 0.2) is 24.7 Å². The molecule has 2 unspecified atom stereocenters. The monoisotopic (exact) mass is 524 g/mol. The Bertz CT molecular complexity index is 1340. The van der Waals surface area contributed by atoms with Gasteiger partial charge in [-0.2, -0.15) is 18.3 Å². The van der Waals surface area contributed by atoms with Gasteiger partial charge in [0.05, 0.1) is 31.0 Å². The smallest absolute Gasteiger partial charge is 0.418 e. The van der Waals surface area contributed by atoms with E-state index in [1.165, 1.54) is 24.3 Å². The van der Waals surface area contributed by atoms with E-state index in [1.54, 1.807) is 13.8 Å². The summed E-state index contributed by atoms with van der Waals surface area (Å²) in [5.74, 6) is -1.29. The summed E-state index contributed by atoms with van der Waals surface area (Å²) in [5.41, 5.74) is 4.07. The molecule has 0 aliphatic carbocycles. The lowest BCUT2D eigenvalue weighted by atomic mass is 10.1. The number of rotatable bonds is 5. The van der Waals surface area contributed by atoms with Crippen molar-refractivity contribution in [1.29, 1.82) is 0 Å². The number of halogens is 4. The Labute approximate surface area is 208 Å². The summed E-state index contributed by atoms with van der Waals surface area (Å²) in [4.78, 5) is 34.2. The quantitative estimate of drug-likeness (QED) is 0.435. The Kier molecular flexibility index (Phi) is 6.80. The molecule has 1 aliphatic heterocycles. The normalized spacial score (nSPS) is 17.9. The molecule has 0 spiro atoms.